The van der Waals surface area contributed by atoms with Gasteiger partial charge in [0, 0.05) is 5.56 Å². The molecule has 1 fully saturated rings. The van der Waals surface area contributed by atoms with Crippen LogP contribution in [0.3, 0.4) is 0 Å². The van der Waals surface area contributed by atoms with Gasteiger partial charge < -0.3 is 14.2 Å². The Bertz CT molecular complexity index is 369. The molecule has 118 valence electrons. The smallest absolute Gasteiger partial charge is 0.184 e. The first-order chi connectivity index (χ1) is 10.4. The third-order valence-corrected chi connectivity index (χ3v) is 3.79. The molecule has 2 rings (SSSR count). The summed E-state index contributed by atoms with van der Waals surface area (Å²) in [7, 11) is 0. The average molecular weight is 292 g/mol. The van der Waals surface area contributed by atoms with Crippen LogP contribution in [0.5, 0.6) is 5.75 Å². The van der Waals surface area contributed by atoms with Gasteiger partial charge in [-0.25, -0.2) is 0 Å². The van der Waals surface area contributed by atoms with Crippen molar-refractivity contribution in [2.75, 3.05) is 19.8 Å². The molecule has 0 amide bonds. The summed E-state index contributed by atoms with van der Waals surface area (Å²) in [4.78, 5) is 0. The van der Waals surface area contributed by atoms with E-state index in [0.717, 1.165) is 24.3 Å². The summed E-state index contributed by atoms with van der Waals surface area (Å²) in [5.74, 6) is 0.933. The summed E-state index contributed by atoms with van der Waals surface area (Å²) in [6.45, 7) is 4.43. The van der Waals surface area contributed by atoms with Crippen molar-refractivity contribution in [3.63, 3.8) is 0 Å². The van der Waals surface area contributed by atoms with Gasteiger partial charge >= 0.3 is 0 Å². The number of ether oxygens (including phenoxy) is 3. The van der Waals surface area contributed by atoms with E-state index in [1.807, 2.05) is 24.3 Å². The van der Waals surface area contributed by atoms with Crippen molar-refractivity contribution in [3.05, 3.63) is 29.8 Å². The first-order valence-corrected chi connectivity index (χ1v) is 8.36. The van der Waals surface area contributed by atoms with Gasteiger partial charge in [-0.15, -0.1) is 0 Å². The van der Waals surface area contributed by atoms with E-state index in [-0.39, 0.29) is 6.29 Å². The standard InChI is InChI=1S/C18H28O3/c1-2-3-4-5-6-7-8-13-19-17-11-9-16(10-12-17)18-20-14-15-21-18/h9-12,18H,2-8,13-15H2,1H3. The molecule has 1 heterocycles. The van der Waals surface area contributed by atoms with E-state index in [9.17, 15) is 0 Å². The van der Waals surface area contributed by atoms with Gasteiger partial charge in [0.1, 0.15) is 5.75 Å². The normalized spacial score (nSPS) is 15.5. The molecule has 1 aliphatic rings. The lowest BCUT2D eigenvalue weighted by atomic mass is 10.1. The molecule has 1 aromatic carbocycles. The second-order valence-corrected chi connectivity index (χ2v) is 5.61. The lowest BCUT2D eigenvalue weighted by Gasteiger charge is -2.10. The fourth-order valence-corrected chi connectivity index (χ4v) is 2.52. The molecule has 0 unspecified atom stereocenters. The number of unbranched alkanes of at least 4 members (excludes halogenated alkanes) is 6. The van der Waals surface area contributed by atoms with Crippen LogP contribution in [-0.4, -0.2) is 19.8 Å². The SMILES string of the molecule is CCCCCCCCCOc1ccc(C2OCCO2)cc1. The molecule has 0 spiro atoms. The topological polar surface area (TPSA) is 27.7 Å². The van der Waals surface area contributed by atoms with Gasteiger partial charge in [0.15, 0.2) is 6.29 Å². The summed E-state index contributed by atoms with van der Waals surface area (Å²) in [6, 6.07) is 8.05. The number of hydrogen-bond donors (Lipinski definition) is 0. The molecule has 0 radical (unpaired) electrons. The molecule has 0 bridgehead atoms. The average Bonchev–Trinajstić information content (AvgIpc) is 3.05. The highest BCUT2D eigenvalue weighted by atomic mass is 16.7. The molecule has 0 N–H and O–H groups in total. The molecule has 3 heteroatoms. The Hall–Kier alpha value is -1.06. The molecule has 0 aliphatic carbocycles. The summed E-state index contributed by atoms with van der Waals surface area (Å²) in [5, 5.41) is 0. The summed E-state index contributed by atoms with van der Waals surface area (Å²) in [5.41, 5.74) is 1.07. The third-order valence-electron chi connectivity index (χ3n) is 3.79. The van der Waals surface area contributed by atoms with E-state index in [1.165, 1.54) is 38.5 Å². The predicted molar refractivity (Wildman–Crippen MR) is 84.6 cm³/mol. The molecular weight excluding hydrogens is 264 g/mol. The summed E-state index contributed by atoms with van der Waals surface area (Å²) < 4.78 is 16.7. The molecule has 0 atom stereocenters. The van der Waals surface area contributed by atoms with Crippen LogP contribution in [0, 0.1) is 0 Å². The predicted octanol–water partition coefficient (Wildman–Crippen LogP) is 4.86. The first kappa shape index (κ1) is 16.3. The van der Waals surface area contributed by atoms with Crippen LogP contribution in [-0.2, 0) is 9.47 Å². The Morgan fingerprint density at radius 2 is 1.52 bits per heavy atom. The minimum atomic E-state index is -0.192. The Kier molecular flexibility index (Phi) is 7.61. The molecule has 0 saturated carbocycles. The van der Waals surface area contributed by atoms with Crippen LogP contribution in [0.4, 0.5) is 0 Å². The second kappa shape index (κ2) is 9.80. The van der Waals surface area contributed by atoms with Gasteiger partial charge in [0.2, 0.25) is 0 Å². The number of rotatable bonds is 10. The first-order valence-electron chi connectivity index (χ1n) is 8.36. The van der Waals surface area contributed by atoms with E-state index >= 15 is 0 Å². The van der Waals surface area contributed by atoms with Crippen LogP contribution in [0.2, 0.25) is 0 Å². The van der Waals surface area contributed by atoms with E-state index < -0.39 is 0 Å². The Balaban J connectivity index is 1.56. The maximum Gasteiger partial charge on any atom is 0.184 e. The maximum absolute atomic E-state index is 5.77. The van der Waals surface area contributed by atoms with Crippen LogP contribution in [0.15, 0.2) is 24.3 Å². The van der Waals surface area contributed by atoms with Gasteiger partial charge in [0.05, 0.1) is 19.8 Å². The van der Waals surface area contributed by atoms with Gasteiger partial charge in [-0.3, -0.25) is 0 Å². The Morgan fingerprint density at radius 1 is 0.905 bits per heavy atom. The van der Waals surface area contributed by atoms with Crippen molar-refractivity contribution >= 4 is 0 Å². The number of benzene rings is 1. The van der Waals surface area contributed by atoms with Crippen molar-refractivity contribution in [1.82, 2.24) is 0 Å². The monoisotopic (exact) mass is 292 g/mol. The highest BCUT2D eigenvalue weighted by Gasteiger charge is 2.17. The van der Waals surface area contributed by atoms with Crippen LogP contribution >= 0.6 is 0 Å². The minimum absolute atomic E-state index is 0.192. The molecule has 1 saturated heterocycles. The zero-order valence-electron chi connectivity index (χ0n) is 13.2. The Labute approximate surface area is 128 Å². The molecule has 3 nitrogen and oxygen atoms in total. The lowest BCUT2D eigenvalue weighted by Crippen LogP contribution is -2.00. The van der Waals surface area contributed by atoms with Gasteiger partial charge in [0.25, 0.3) is 0 Å². The number of hydrogen-bond acceptors (Lipinski definition) is 3. The van der Waals surface area contributed by atoms with Crippen molar-refractivity contribution in [3.8, 4) is 5.75 Å². The highest BCUT2D eigenvalue weighted by molar-refractivity contribution is 5.28. The minimum Gasteiger partial charge on any atom is -0.494 e. The molecule has 0 aromatic heterocycles. The molecule has 1 aromatic rings. The quantitative estimate of drug-likeness (QED) is 0.576. The second-order valence-electron chi connectivity index (χ2n) is 5.61. The molecule has 21 heavy (non-hydrogen) atoms. The zero-order valence-corrected chi connectivity index (χ0v) is 13.2. The maximum atomic E-state index is 5.77. The van der Waals surface area contributed by atoms with E-state index in [0.29, 0.717) is 13.2 Å². The van der Waals surface area contributed by atoms with Crippen molar-refractivity contribution in [2.45, 2.75) is 58.2 Å². The van der Waals surface area contributed by atoms with E-state index in [4.69, 9.17) is 14.2 Å². The van der Waals surface area contributed by atoms with Crippen LogP contribution < -0.4 is 4.74 Å². The molecular formula is C18H28O3. The zero-order chi connectivity index (χ0) is 14.8. The highest BCUT2D eigenvalue weighted by Crippen LogP contribution is 2.25. The van der Waals surface area contributed by atoms with Crippen LogP contribution in [0.1, 0.15) is 63.7 Å². The van der Waals surface area contributed by atoms with Crippen molar-refractivity contribution < 1.29 is 14.2 Å². The van der Waals surface area contributed by atoms with Gasteiger partial charge in [-0.1, -0.05) is 57.6 Å². The van der Waals surface area contributed by atoms with Crippen LogP contribution in [0.25, 0.3) is 0 Å². The molecule has 1 aliphatic heterocycles. The largest absolute Gasteiger partial charge is 0.494 e. The summed E-state index contributed by atoms with van der Waals surface area (Å²) >= 11 is 0. The van der Waals surface area contributed by atoms with E-state index in [2.05, 4.69) is 6.92 Å². The van der Waals surface area contributed by atoms with Gasteiger partial charge in [-0.2, -0.15) is 0 Å². The summed E-state index contributed by atoms with van der Waals surface area (Å²) in [6.07, 6.45) is 8.98. The fraction of sp³-hybridized carbons (Fsp3) is 0.667. The van der Waals surface area contributed by atoms with Gasteiger partial charge in [-0.05, 0) is 18.6 Å². The van der Waals surface area contributed by atoms with E-state index in [1.54, 1.807) is 0 Å². The lowest BCUT2D eigenvalue weighted by molar-refractivity contribution is -0.0441. The van der Waals surface area contributed by atoms with Crippen molar-refractivity contribution in [1.29, 1.82) is 0 Å². The fourth-order valence-electron chi connectivity index (χ4n) is 2.52. The van der Waals surface area contributed by atoms with Crippen molar-refractivity contribution in [2.24, 2.45) is 0 Å². The third kappa shape index (κ3) is 6.06. The Morgan fingerprint density at radius 3 is 2.19 bits per heavy atom.